The Hall–Kier alpha value is -1.91. The number of hydrogen-bond acceptors (Lipinski definition) is 4. The lowest BCUT2D eigenvalue weighted by molar-refractivity contribution is -0.0472. The van der Waals surface area contributed by atoms with Gasteiger partial charge in [-0.1, -0.05) is 6.08 Å². The number of piperidine rings is 3. The summed E-state index contributed by atoms with van der Waals surface area (Å²) >= 11 is 0. The Bertz CT molecular complexity index is 745. The van der Waals surface area contributed by atoms with Gasteiger partial charge in [0, 0.05) is 30.6 Å². The summed E-state index contributed by atoms with van der Waals surface area (Å²) < 4.78 is 0. The number of nitrogens with zero attached hydrogens (tertiary/aromatic N) is 2. The number of phenolic OH excluding ortho intramolecular Hbond substituents is 1. The number of benzene rings is 1. The highest BCUT2D eigenvalue weighted by Gasteiger charge is 2.43. The Kier molecular flexibility index (Phi) is 3.58. The van der Waals surface area contributed by atoms with E-state index >= 15 is 0 Å². The van der Waals surface area contributed by atoms with Crippen molar-refractivity contribution in [1.29, 1.82) is 0 Å². The smallest absolute Gasteiger partial charge is 0.116 e. The summed E-state index contributed by atoms with van der Waals surface area (Å²) in [5, 5.41) is 21.7. The van der Waals surface area contributed by atoms with Gasteiger partial charge < -0.3 is 15.1 Å². The molecular formula is C19H22N2O2. The van der Waals surface area contributed by atoms with E-state index in [4.69, 9.17) is 0 Å². The first-order chi connectivity index (χ1) is 11.2. The molecule has 4 heterocycles. The first-order valence-corrected chi connectivity index (χ1v) is 8.28. The molecule has 1 aromatic carbocycles. The minimum absolute atomic E-state index is 0.202. The number of aliphatic hydroxyl groups excluding tert-OH is 1. The van der Waals surface area contributed by atoms with Crippen LogP contribution in [-0.2, 0) is 0 Å². The lowest BCUT2D eigenvalue weighted by Crippen LogP contribution is -2.53. The molecule has 120 valence electrons. The fourth-order valence-corrected chi connectivity index (χ4v) is 4.43. The maximum Gasteiger partial charge on any atom is 0.116 e. The highest BCUT2D eigenvalue weighted by Crippen LogP contribution is 2.44. The van der Waals surface area contributed by atoms with Crippen LogP contribution in [0.3, 0.4) is 0 Å². The van der Waals surface area contributed by atoms with E-state index in [1.807, 2.05) is 12.1 Å². The quantitative estimate of drug-likeness (QED) is 0.856. The van der Waals surface area contributed by atoms with Crippen LogP contribution in [0.2, 0.25) is 0 Å². The first kappa shape index (κ1) is 14.7. The predicted octanol–water partition coefficient (Wildman–Crippen LogP) is 2.73. The molecule has 5 rings (SSSR count). The molecule has 3 aliphatic rings. The average molecular weight is 310 g/mol. The van der Waals surface area contributed by atoms with Crippen molar-refractivity contribution in [2.45, 2.75) is 12.5 Å². The standard InChI is InChI=1S/C19H22N2O2/c1-2-12-10-21-8-6-14(12)17(11-21)19(23)15-5-7-20-18-4-3-13(22)9-16(15)18/h2-5,7,9,12,14,17,19,22-23H,1,6,8,10-11H2/t12?,14?,17?,19-/m1/s1. The molecule has 0 radical (unpaired) electrons. The largest absolute Gasteiger partial charge is 0.508 e. The fraction of sp³-hybridized carbons (Fsp3) is 0.421. The van der Waals surface area contributed by atoms with Crippen LogP contribution in [0.4, 0.5) is 0 Å². The third kappa shape index (κ3) is 2.42. The molecule has 0 spiro atoms. The fourth-order valence-electron chi connectivity index (χ4n) is 4.43. The van der Waals surface area contributed by atoms with Crippen LogP contribution in [-0.4, -0.2) is 39.7 Å². The van der Waals surface area contributed by atoms with Crippen LogP contribution >= 0.6 is 0 Å². The van der Waals surface area contributed by atoms with Crippen molar-refractivity contribution >= 4 is 10.9 Å². The molecule has 0 saturated carbocycles. The van der Waals surface area contributed by atoms with E-state index in [1.54, 1.807) is 24.4 Å². The molecule has 23 heavy (non-hydrogen) atoms. The molecule has 1 aromatic heterocycles. The number of aliphatic hydroxyl groups is 1. The first-order valence-electron chi connectivity index (χ1n) is 8.28. The van der Waals surface area contributed by atoms with Crippen molar-refractivity contribution in [1.82, 2.24) is 9.88 Å². The Morgan fingerprint density at radius 2 is 2.17 bits per heavy atom. The van der Waals surface area contributed by atoms with E-state index in [9.17, 15) is 10.2 Å². The molecule has 5 atom stereocenters. The normalized spacial score (nSPS) is 31.2. The molecule has 4 heteroatoms. The number of rotatable bonds is 3. The second-order valence-electron chi connectivity index (χ2n) is 6.82. The maximum atomic E-state index is 11.1. The van der Waals surface area contributed by atoms with Crippen LogP contribution in [0.5, 0.6) is 5.75 Å². The summed E-state index contributed by atoms with van der Waals surface area (Å²) in [6.45, 7) is 7.10. The molecule has 2 N–H and O–H groups in total. The van der Waals surface area contributed by atoms with Crippen LogP contribution in [0, 0.1) is 17.8 Å². The topological polar surface area (TPSA) is 56.6 Å². The zero-order valence-corrected chi connectivity index (χ0v) is 13.1. The molecule has 3 aliphatic heterocycles. The van der Waals surface area contributed by atoms with Gasteiger partial charge in [-0.2, -0.15) is 0 Å². The van der Waals surface area contributed by atoms with Crippen molar-refractivity contribution in [2.24, 2.45) is 17.8 Å². The number of aromatic nitrogens is 1. The molecule has 4 unspecified atom stereocenters. The molecule has 0 aliphatic carbocycles. The number of hydrogen-bond donors (Lipinski definition) is 2. The molecule has 0 amide bonds. The van der Waals surface area contributed by atoms with Crippen molar-refractivity contribution in [3.05, 3.63) is 48.7 Å². The highest BCUT2D eigenvalue weighted by molar-refractivity contribution is 5.83. The summed E-state index contributed by atoms with van der Waals surface area (Å²) in [6, 6.07) is 7.01. The van der Waals surface area contributed by atoms with E-state index in [-0.39, 0.29) is 11.7 Å². The minimum Gasteiger partial charge on any atom is -0.508 e. The zero-order valence-electron chi connectivity index (χ0n) is 13.1. The second kappa shape index (κ2) is 5.62. The van der Waals surface area contributed by atoms with Gasteiger partial charge >= 0.3 is 0 Å². The average Bonchev–Trinajstić information content (AvgIpc) is 2.60. The lowest BCUT2D eigenvalue weighted by Gasteiger charge is -2.50. The van der Waals surface area contributed by atoms with E-state index in [0.717, 1.165) is 42.5 Å². The maximum absolute atomic E-state index is 11.1. The number of phenols is 1. The van der Waals surface area contributed by atoms with E-state index in [2.05, 4.69) is 16.5 Å². The second-order valence-corrected chi connectivity index (χ2v) is 6.82. The Balaban J connectivity index is 1.73. The number of fused-ring (bicyclic) bond motifs is 4. The Morgan fingerprint density at radius 3 is 2.96 bits per heavy atom. The monoisotopic (exact) mass is 310 g/mol. The van der Waals surface area contributed by atoms with Crippen molar-refractivity contribution in [3.63, 3.8) is 0 Å². The Morgan fingerprint density at radius 1 is 1.30 bits per heavy atom. The molecule has 2 bridgehead atoms. The molecule has 3 saturated heterocycles. The third-order valence-electron chi connectivity index (χ3n) is 5.60. The molecular weight excluding hydrogens is 288 g/mol. The van der Waals surface area contributed by atoms with Gasteiger partial charge in [-0.15, -0.1) is 6.58 Å². The summed E-state index contributed by atoms with van der Waals surface area (Å²) in [7, 11) is 0. The SMILES string of the molecule is C=CC1CN2CCC1C([C@H](O)c1ccnc3ccc(O)cc13)C2. The van der Waals surface area contributed by atoms with Gasteiger partial charge in [0.05, 0.1) is 11.6 Å². The van der Waals surface area contributed by atoms with Gasteiger partial charge in [0.2, 0.25) is 0 Å². The van der Waals surface area contributed by atoms with E-state index < -0.39 is 6.10 Å². The summed E-state index contributed by atoms with van der Waals surface area (Å²) in [6.07, 6.45) is 4.36. The van der Waals surface area contributed by atoms with Gasteiger partial charge in [0.25, 0.3) is 0 Å². The Labute approximate surface area is 136 Å². The van der Waals surface area contributed by atoms with Gasteiger partial charge in [-0.25, -0.2) is 0 Å². The molecule has 3 fully saturated rings. The van der Waals surface area contributed by atoms with Gasteiger partial charge in [0.1, 0.15) is 5.75 Å². The molecule has 4 nitrogen and oxygen atoms in total. The van der Waals surface area contributed by atoms with Crippen LogP contribution in [0.1, 0.15) is 18.1 Å². The van der Waals surface area contributed by atoms with Crippen molar-refractivity contribution in [3.8, 4) is 5.75 Å². The van der Waals surface area contributed by atoms with Crippen LogP contribution in [0.25, 0.3) is 10.9 Å². The zero-order chi connectivity index (χ0) is 16.0. The van der Waals surface area contributed by atoms with E-state index in [1.165, 1.54) is 0 Å². The minimum atomic E-state index is -0.544. The van der Waals surface area contributed by atoms with Crippen molar-refractivity contribution in [2.75, 3.05) is 19.6 Å². The summed E-state index contributed by atoms with van der Waals surface area (Å²) in [5.41, 5.74) is 1.67. The third-order valence-corrected chi connectivity index (χ3v) is 5.60. The van der Waals surface area contributed by atoms with Crippen LogP contribution < -0.4 is 0 Å². The van der Waals surface area contributed by atoms with Crippen molar-refractivity contribution < 1.29 is 10.2 Å². The summed E-state index contributed by atoms with van der Waals surface area (Å²) in [5.74, 6) is 1.34. The lowest BCUT2D eigenvalue weighted by atomic mass is 9.69. The highest BCUT2D eigenvalue weighted by atomic mass is 16.3. The van der Waals surface area contributed by atoms with E-state index in [0.29, 0.717) is 11.8 Å². The molecule has 2 aromatic rings. The van der Waals surface area contributed by atoms with Gasteiger partial charge in [0.15, 0.2) is 0 Å². The number of pyridine rings is 1. The van der Waals surface area contributed by atoms with Gasteiger partial charge in [-0.3, -0.25) is 4.98 Å². The van der Waals surface area contributed by atoms with Gasteiger partial charge in [-0.05, 0) is 54.6 Å². The van der Waals surface area contributed by atoms with Crippen LogP contribution in [0.15, 0.2) is 43.1 Å². The number of aromatic hydroxyl groups is 1. The summed E-state index contributed by atoms with van der Waals surface area (Å²) in [4.78, 5) is 6.77. The predicted molar refractivity (Wildman–Crippen MR) is 90.1 cm³/mol.